The van der Waals surface area contributed by atoms with Gasteiger partial charge in [0.1, 0.15) is 5.75 Å². The zero-order chi connectivity index (χ0) is 22.3. The Balaban J connectivity index is 1.36. The van der Waals surface area contributed by atoms with Crippen LogP contribution in [0.4, 0.5) is 0 Å². The summed E-state index contributed by atoms with van der Waals surface area (Å²) in [6, 6.07) is 25.4. The van der Waals surface area contributed by atoms with E-state index in [4.69, 9.17) is 9.26 Å². The molecule has 0 atom stereocenters. The van der Waals surface area contributed by atoms with Crippen LogP contribution in [0.3, 0.4) is 0 Å². The lowest BCUT2D eigenvalue weighted by molar-refractivity contribution is 0.0769. The first-order valence-electron chi connectivity index (χ1n) is 10.1. The first-order chi connectivity index (χ1) is 15.6. The van der Waals surface area contributed by atoms with E-state index in [1.807, 2.05) is 66.7 Å². The van der Waals surface area contributed by atoms with Gasteiger partial charge in [-0.3, -0.25) is 4.79 Å². The van der Waals surface area contributed by atoms with Gasteiger partial charge in [-0.15, -0.1) is 11.8 Å². The minimum Gasteiger partial charge on any atom is -0.497 e. The van der Waals surface area contributed by atoms with Crippen molar-refractivity contribution in [3.8, 4) is 17.1 Å². The summed E-state index contributed by atoms with van der Waals surface area (Å²) in [7, 11) is 3.33. The van der Waals surface area contributed by atoms with Crippen molar-refractivity contribution >= 4 is 17.7 Å². The van der Waals surface area contributed by atoms with E-state index in [9.17, 15) is 4.79 Å². The Bertz CT molecular complexity index is 1180. The van der Waals surface area contributed by atoms with E-state index < -0.39 is 0 Å². The molecular weight excluding hydrogens is 422 g/mol. The summed E-state index contributed by atoms with van der Waals surface area (Å²) in [5.74, 6) is 2.29. The topological polar surface area (TPSA) is 68.5 Å². The Labute approximate surface area is 191 Å². The summed E-state index contributed by atoms with van der Waals surface area (Å²) in [4.78, 5) is 20.0. The quantitative estimate of drug-likeness (QED) is 0.342. The molecule has 0 radical (unpaired) electrons. The molecule has 7 heteroatoms. The monoisotopic (exact) mass is 445 g/mol. The molecule has 3 aromatic carbocycles. The predicted octanol–water partition coefficient (Wildman–Crippen LogP) is 5.31. The number of carbonyl (C=O) groups excluding carboxylic acids is 1. The van der Waals surface area contributed by atoms with Gasteiger partial charge in [0.25, 0.3) is 5.91 Å². The highest BCUT2D eigenvalue weighted by Gasteiger charge is 2.16. The largest absolute Gasteiger partial charge is 0.497 e. The zero-order valence-electron chi connectivity index (χ0n) is 17.9. The highest BCUT2D eigenvalue weighted by molar-refractivity contribution is 7.98. The summed E-state index contributed by atoms with van der Waals surface area (Å²) >= 11 is 1.77. The predicted molar refractivity (Wildman–Crippen MR) is 125 cm³/mol. The van der Waals surface area contributed by atoms with Crippen molar-refractivity contribution in [2.75, 3.05) is 14.2 Å². The lowest BCUT2D eigenvalue weighted by Gasteiger charge is -2.15. The Morgan fingerprint density at radius 2 is 1.81 bits per heavy atom. The van der Waals surface area contributed by atoms with Crippen molar-refractivity contribution in [2.45, 2.75) is 17.2 Å². The first kappa shape index (κ1) is 21.6. The number of rotatable bonds is 8. The molecule has 0 saturated heterocycles. The second-order valence-electron chi connectivity index (χ2n) is 7.20. The summed E-state index contributed by atoms with van der Waals surface area (Å²) in [5, 5.41) is 4.02. The molecule has 0 aliphatic rings. The highest BCUT2D eigenvalue weighted by Crippen LogP contribution is 2.23. The fourth-order valence-corrected chi connectivity index (χ4v) is 4.00. The van der Waals surface area contributed by atoms with Gasteiger partial charge in [-0.2, -0.15) is 4.98 Å². The molecule has 0 saturated carbocycles. The normalized spacial score (nSPS) is 10.7. The van der Waals surface area contributed by atoms with Crippen LogP contribution in [0.25, 0.3) is 11.4 Å². The van der Waals surface area contributed by atoms with Gasteiger partial charge in [-0.05, 0) is 42.0 Å². The fourth-order valence-electron chi connectivity index (χ4n) is 3.12. The minimum absolute atomic E-state index is 0.103. The number of hydrogen-bond donors (Lipinski definition) is 0. The Morgan fingerprint density at radius 3 is 2.56 bits per heavy atom. The van der Waals surface area contributed by atoms with Crippen LogP contribution in [0.2, 0.25) is 0 Å². The Kier molecular flexibility index (Phi) is 6.87. The van der Waals surface area contributed by atoms with Crippen molar-refractivity contribution in [3.05, 3.63) is 95.9 Å². The maximum absolute atomic E-state index is 12.8. The third-order valence-corrected chi connectivity index (χ3v) is 5.95. The van der Waals surface area contributed by atoms with Gasteiger partial charge in [0.05, 0.1) is 13.7 Å². The van der Waals surface area contributed by atoms with Crippen LogP contribution in [0.1, 0.15) is 21.8 Å². The molecule has 1 aromatic heterocycles. The van der Waals surface area contributed by atoms with Gasteiger partial charge in [0.15, 0.2) is 0 Å². The van der Waals surface area contributed by atoms with Gasteiger partial charge in [0, 0.05) is 28.8 Å². The molecule has 4 rings (SSSR count). The SMILES string of the molecule is COc1cccc(-c2noc(CN(C)C(=O)c3ccc(CSc4ccccc4)cc3)n2)c1. The molecule has 162 valence electrons. The van der Waals surface area contributed by atoms with E-state index in [1.54, 1.807) is 30.8 Å². The smallest absolute Gasteiger partial charge is 0.254 e. The van der Waals surface area contributed by atoms with Crippen molar-refractivity contribution < 1.29 is 14.1 Å². The minimum atomic E-state index is -0.103. The molecule has 0 N–H and O–H groups in total. The summed E-state index contributed by atoms with van der Waals surface area (Å²) in [6.45, 7) is 0.224. The van der Waals surface area contributed by atoms with Crippen LogP contribution >= 0.6 is 11.8 Å². The lowest BCUT2D eigenvalue weighted by atomic mass is 10.1. The highest BCUT2D eigenvalue weighted by atomic mass is 32.2. The van der Waals surface area contributed by atoms with E-state index in [1.165, 1.54) is 4.90 Å². The maximum atomic E-state index is 12.8. The number of carbonyl (C=O) groups is 1. The number of methoxy groups -OCH3 is 1. The van der Waals surface area contributed by atoms with E-state index in [2.05, 4.69) is 22.3 Å². The van der Waals surface area contributed by atoms with Crippen LogP contribution in [0.5, 0.6) is 5.75 Å². The molecule has 0 aliphatic carbocycles. The molecule has 0 unspecified atom stereocenters. The van der Waals surface area contributed by atoms with Crippen LogP contribution in [-0.4, -0.2) is 35.1 Å². The molecule has 0 bridgehead atoms. The number of benzene rings is 3. The number of amides is 1. The number of hydrogen-bond acceptors (Lipinski definition) is 6. The van der Waals surface area contributed by atoms with Gasteiger partial charge in [0.2, 0.25) is 11.7 Å². The molecular formula is C25H23N3O3S. The van der Waals surface area contributed by atoms with Crippen molar-refractivity contribution in [3.63, 3.8) is 0 Å². The van der Waals surface area contributed by atoms with Crippen LogP contribution in [-0.2, 0) is 12.3 Å². The number of nitrogens with zero attached hydrogens (tertiary/aromatic N) is 3. The standard InChI is InChI=1S/C25H23N3O3S/c1-28(16-23-26-24(27-31-23)20-7-6-8-21(15-20)30-2)25(29)19-13-11-18(12-14-19)17-32-22-9-4-3-5-10-22/h3-15H,16-17H2,1-2H3. The third-order valence-electron chi connectivity index (χ3n) is 4.86. The molecule has 32 heavy (non-hydrogen) atoms. The molecule has 6 nitrogen and oxygen atoms in total. The van der Waals surface area contributed by atoms with Crippen LogP contribution < -0.4 is 4.74 Å². The summed E-state index contributed by atoms with van der Waals surface area (Å²) in [5.41, 5.74) is 2.57. The molecule has 0 spiro atoms. The van der Waals surface area contributed by atoms with Crippen molar-refractivity contribution in [1.82, 2.24) is 15.0 Å². The summed E-state index contributed by atoms with van der Waals surface area (Å²) in [6.07, 6.45) is 0. The van der Waals surface area contributed by atoms with Crippen LogP contribution in [0, 0.1) is 0 Å². The maximum Gasteiger partial charge on any atom is 0.254 e. The second kappa shape index (κ2) is 10.2. The average molecular weight is 446 g/mol. The van der Waals surface area contributed by atoms with Gasteiger partial charge in [-0.1, -0.05) is 47.6 Å². The molecule has 0 fully saturated rings. The fraction of sp³-hybridized carbons (Fsp3) is 0.160. The van der Waals surface area contributed by atoms with E-state index in [0.717, 1.165) is 16.9 Å². The zero-order valence-corrected chi connectivity index (χ0v) is 18.7. The van der Waals surface area contributed by atoms with Gasteiger partial charge in [-0.25, -0.2) is 0 Å². The number of aromatic nitrogens is 2. The third kappa shape index (κ3) is 5.36. The van der Waals surface area contributed by atoms with Gasteiger partial charge >= 0.3 is 0 Å². The lowest BCUT2D eigenvalue weighted by Crippen LogP contribution is -2.26. The Morgan fingerprint density at radius 1 is 1.03 bits per heavy atom. The van der Waals surface area contributed by atoms with E-state index >= 15 is 0 Å². The first-order valence-corrected chi connectivity index (χ1v) is 11.1. The molecule has 0 aliphatic heterocycles. The second-order valence-corrected chi connectivity index (χ2v) is 8.25. The van der Waals surface area contributed by atoms with E-state index in [0.29, 0.717) is 23.0 Å². The van der Waals surface area contributed by atoms with Crippen molar-refractivity contribution in [1.29, 1.82) is 0 Å². The number of thioether (sulfide) groups is 1. The molecule has 1 heterocycles. The average Bonchev–Trinajstić information content (AvgIpc) is 3.32. The summed E-state index contributed by atoms with van der Waals surface area (Å²) < 4.78 is 10.6. The Hall–Kier alpha value is -3.58. The van der Waals surface area contributed by atoms with Crippen molar-refractivity contribution in [2.24, 2.45) is 0 Å². The molecule has 1 amide bonds. The molecule has 4 aromatic rings. The van der Waals surface area contributed by atoms with E-state index in [-0.39, 0.29) is 12.5 Å². The van der Waals surface area contributed by atoms with Crippen LogP contribution in [0.15, 0.2) is 88.3 Å². The van der Waals surface area contributed by atoms with Gasteiger partial charge < -0.3 is 14.2 Å². The number of ether oxygens (including phenoxy) is 1.